The van der Waals surface area contributed by atoms with Crippen LogP contribution < -0.4 is 5.32 Å². The molecule has 0 radical (unpaired) electrons. The van der Waals surface area contributed by atoms with E-state index >= 15 is 0 Å². The van der Waals surface area contributed by atoms with E-state index in [4.69, 9.17) is 6.42 Å². The fourth-order valence-corrected chi connectivity index (χ4v) is 1.72. The lowest BCUT2D eigenvalue weighted by atomic mass is 10.1. The summed E-state index contributed by atoms with van der Waals surface area (Å²) in [6.45, 7) is 0.519. The van der Waals surface area contributed by atoms with Gasteiger partial charge in [-0.2, -0.15) is 0 Å². The van der Waals surface area contributed by atoms with Gasteiger partial charge in [0.25, 0.3) is 0 Å². The van der Waals surface area contributed by atoms with Crippen molar-refractivity contribution in [2.75, 3.05) is 6.54 Å². The Labute approximate surface area is 87.5 Å². The smallest absolute Gasteiger partial charge is 0.159 e. The zero-order valence-electron chi connectivity index (χ0n) is 8.13. The van der Waals surface area contributed by atoms with Gasteiger partial charge in [-0.1, -0.05) is 12.0 Å². The third-order valence-electron chi connectivity index (χ3n) is 2.63. The van der Waals surface area contributed by atoms with Crippen LogP contribution in [0.1, 0.15) is 17.9 Å². The first-order valence-corrected chi connectivity index (χ1v) is 4.84. The van der Waals surface area contributed by atoms with E-state index in [-0.39, 0.29) is 5.92 Å². The van der Waals surface area contributed by atoms with Crippen molar-refractivity contribution in [3.05, 3.63) is 35.4 Å². The number of benzene rings is 1. The largest absolute Gasteiger partial charge is 0.303 e. The molecule has 0 spiro atoms. The molecule has 0 amide bonds. The first kappa shape index (κ1) is 10.1. The SMILES string of the molecule is C#CCN[C@@H]1C[C@H]1c1ccc(F)c(F)c1. The van der Waals surface area contributed by atoms with Gasteiger partial charge in [0.15, 0.2) is 11.6 Å². The van der Waals surface area contributed by atoms with Gasteiger partial charge in [-0.3, -0.25) is 0 Å². The second-order valence-electron chi connectivity index (χ2n) is 3.71. The molecule has 1 aromatic rings. The summed E-state index contributed by atoms with van der Waals surface area (Å²) in [7, 11) is 0. The van der Waals surface area contributed by atoms with Crippen molar-refractivity contribution in [2.45, 2.75) is 18.4 Å². The predicted molar refractivity (Wildman–Crippen MR) is 54.3 cm³/mol. The maximum atomic E-state index is 12.9. The van der Waals surface area contributed by atoms with Crippen LogP contribution in [0.25, 0.3) is 0 Å². The van der Waals surface area contributed by atoms with Crippen LogP contribution in [0.4, 0.5) is 8.78 Å². The van der Waals surface area contributed by atoms with E-state index in [0.717, 1.165) is 12.0 Å². The number of hydrogen-bond acceptors (Lipinski definition) is 1. The number of rotatable bonds is 3. The molecule has 1 aromatic carbocycles. The first-order chi connectivity index (χ1) is 7.22. The summed E-state index contributed by atoms with van der Waals surface area (Å²) < 4.78 is 25.6. The molecule has 0 aromatic heterocycles. The molecule has 0 aliphatic heterocycles. The Bertz CT molecular complexity index is 409. The van der Waals surface area contributed by atoms with Gasteiger partial charge in [-0.25, -0.2) is 8.78 Å². The third kappa shape index (κ3) is 2.16. The maximum Gasteiger partial charge on any atom is 0.159 e. The number of nitrogens with one attached hydrogen (secondary N) is 1. The van der Waals surface area contributed by atoms with Gasteiger partial charge < -0.3 is 5.32 Å². The highest BCUT2D eigenvalue weighted by Crippen LogP contribution is 2.40. The van der Waals surface area contributed by atoms with Crippen molar-refractivity contribution in [3.63, 3.8) is 0 Å². The van der Waals surface area contributed by atoms with Crippen LogP contribution in [0.2, 0.25) is 0 Å². The van der Waals surface area contributed by atoms with E-state index in [1.54, 1.807) is 6.07 Å². The van der Waals surface area contributed by atoms with E-state index in [9.17, 15) is 8.78 Å². The average Bonchev–Trinajstić information content (AvgIpc) is 2.98. The van der Waals surface area contributed by atoms with Crippen LogP contribution >= 0.6 is 0 Å². The van der Waals surface area contributed by atoms with Crippen LogP contribution in [0.3, 0.4) is 0 Å². The Balaban J connectivity index is 2.01. The summed E-state index contributed by atoms with van der Waals surface area (Å²) in [6, 6.07) is 4.37. The van der Waals surface area contributed by atoms with Gasteiger partial charge in [0.1, 0.15) is 0 Å². The fourth-order valence-electron chi connectivity index (χ4n) is 1.72. The Morgan fingerprint density at radius 1 is 1.40 bits per heavy atom. The summed E-state index contributed by atoms with van der Waals surface area (Å²) >= 11 is 0. The van der Waals surface area contributed by atoms with Gasteiger partial charge >= 0.3 is 0 Å². The van der Waals surface area contributed by atoms with Crippen molar-refractivity contribution in [1.29, 1.82) is 0 Å². The van der Waals surface area contributed by atoms with Gasteiger partial charge in [-0.05, 0) is 24.1 Å². The van der Waals surface area contributed by atoms with Gasteiger partial charge in [0, 0.05) is 12.0 Å². The second kappa shape index (κ2) is 4.00. The minimum Gasteiger partial charge on any atom is -0.303 e. The van der Waals surface area contributed by atoms with Crippen molar-refractivity contribution in [1.82, 2.24) is 5.32 Å². The Hall–Kier alpha value is -1.40. The van der Waals surface area contributed by atoms with Crippen molar-refractivity contribution in [2.24, 2.45) is 0 Å². The van der Waals surface area contributed by atoms with Gasteiger partial charge in [0.05, 0.1) is 6.54 Å². The van der Waals surface area contributed by atoms with Crippen molar-refractivity contribution in [3.8, 4) is 12.3 Å². The molecule has 1 N–H and O–H groups in total. The monoisotopic (exact) mass is 207 g/mol. The average molecular weight is 207 g/mol. The highest BCUT2D eigenvalue weighted by Gasteiger charge is 2.37. The summed E-state index contributed by atoms with van der Waals surface area (Å²) in [4.78, 5) is 0. The first-order valence-electron chi connectivity index (χ1n) is 4.84. The van der Waals surface area contributed by atoms with E-state index in [1.165, 1.54) is 12.1 Å². The summed E-state index contributed by atoms with van der Waals surface area (Å²) in [5.41, 5.74) is 0.837. The standard InChI is InChI=1S/C12H11F2N/c1-2-5-15-12-7-9(12)8-3-4-10(13)11(14)6-8/h1,3-4,6,9,12,15H,5,7H2/t9-,12+/m0/s1. The van der Waals surface area contributed by atoms with Crippen LogP contribution in [0.15, 0.2) is 18.2 Å². The van der Waals surface area contributed by atoms with Crippen LogP contribution in [-0.4, -0.2) is 12.6 Å². The number of terminal acetylenes is 1. The molecule has 1 aliphatic carbocycles. The lowest BCUT2D eigenvalue weighted by molar-refractivity contribution is 0.507. The molecule has 15 heavy (non-hydrogen) atoms. The molecule has 1 saturated carbocycles. The molecule has 0 bridgehead atoms. The van der Waals surface area contributed by atoms with Gasteiger partial charge in [0.2, 0.25) is 0 Å². The zero-order chi connectivity index (χ0) is 10.8. The minimum atomic E-state index is -0.799. The molecular weight excluding hydrogens is 196 g/mol. The normalized spacial score (nSPS) is 23.5. The molecule has 1 nitrogen and oxygen atoms in total. The van der Waals surface area contributed by atoms with E-state index in [1.807, 2.05) is 0 Å². The molecule has 0 unspecified atom stereocenters. The third-order valence-corrected chi connectivity index (χ3v) is 2.63. The Morgan fingerprint density at radius 3 is 2.87 bits per heavy atom. The molecular formula is C12H11F2N. The molecule has 2 rings (SSSR count). The molecule has 1 aliphatic rings. The van der Waals surface area contributed by atoms with E-state index < -0.39 is 11.6 Å². The number of hydrogen-bond donors (Lipinski definition) is 1. The molecule has 1 fully saturated rings. The molecule has 3 heteroatoms. The fraction of sp³-hybridized carbons (Fsp3) is 0.333. The van der Waals surface area contributed by atoms with Crippen LogP contribution in [0, 0.1) is 24.0 Å². The van der Waals surface area contributed by atoms with Crippen LogP contribution in [-0.2, 0) is 0 Å². The topological polar surface area (TPSA) is 12.0 Å². The lowest BCUT2D eigenvalue weighted by Crippen LogP contribution is -2.17. The van der Waals surface area contributed by atoms with E-state index in [2.05, 4.69) is 11.2 Å². The number of halogens is 2. The quantitative estimate of drug-likeness (QED) is 0.748. The highest BCUT2D eigenvalue weighted by atomic mass is 19.2. The van der Waals surface area contributed by atoms with E-state index in [0.29, 0.717) is 12.6 Å². The lowest BCUT2D eigenvalue weighted by Gasteiger charge is -2.01. The van der Waals surface area contributed by atoms with Crippen LogP contribution in [0.5, 0.6) is 0 Å². The second-order valence-corrected chi connectivity index (χ2v) is 3.71. The highest BCUT2D eigenvalue weighted by molar-refractivity contribution is 5.29. The Morgan fingerprint density at radius 2 is 2.20 bits per heavy atom. The summed E-state index contributed by atoms with van der Waals surface area (Å²) in [6.07, 6.45) is 6.05. The zero-order valence-corrected chi connectivity index (χ0v) is 8.13. The van der Waals surface area contributed by atoms with Crippen molar-refractivity contribution < 1.29 is 8.78 Å². The maximum absolute atomic E-state index is 12.9. The van der Waals surface area contributed by atoms with Crippen molar-refractivity contribution >= 4 is 0 Å². The molecule has 78 valence electrons. The minimum absolute atomic E-state index is 0.272. The molecule has 0 heterocycles. The molecule has 2 atom stereocenters. The summed E-state index contributed by atoms with van der Waals surface area (Å²) in [5.74, 6) is 1.18. The predicted octanol–water partition coefficient (Wildman–Crippen LogP) is 2.04. The van der Waals surface area contributed by atoms with Gasteiger partial charge in [-0.15, -0.1) is 6.42 Å². The summed E-state index contributed by atoms with van der Waals surface area (Å²) in [5, 5.41) is 3.14. The Kier molecular flexibility index (Phi) is 2.70. The molecule has 0 saturated heterocycles.